The number of sulfonamides is 1. The number of nitrogens with one attached hydrogen (secondary N) is 2. The number of anilines is 1. The van der Waals surface area contributed by atoms with E-state index in [-0.39, 0.29) is 16.8 Å². The lowest BCUT2D eigenvalue weighted by Gasteiger charge is -2.17. The van der Waals surface area contributed by atoms with Gasteiger partial charge >= 0.3 is 0 Å². The van der Waals surface area contributed by atoms with Gasteiger partial charge in [0.1, 0.15) is 0 Å². The summed E-state index contributed by atoms with van der Waals surface area (Å²) in [6.07, 6.45) is 1.87. The number of carbonyl (C=O) groups excluding carboxylic acids is 1. The molecule has 5 nitrogen and oxygen atoms in total. The van der Waals surface area contributed by atoms with Crippen LogP contribution >= 0.6 is 11.8 Å². The first-order chi connectivity index (χ1) is 12.1. The maximum absolute atomic E-state index is 12.8. The second-order valence-electron chi connectivity index (χ2n) is 6.23. The summed E-state index contributed by atoms with van der Waals surface area (Å²) in [5, 5.41) is 2.68. The van der Waals surface area contributed by atoms with Crippen molar-refractivity contribution in [3.63, 3.8) is 0 Å². The summed E-state index contributed by atoms with van der Waals surface area (Å²) < 4.78 is 28.3. The van der Waals surface area contributed by atoms with Gasteiger partial charge in [-0.3, -0.25) is 4.79 Å². The van der Waals surface area contributed by atoms with Crippen molar-refractivity contribution in [3.8, 4) is 0 Å². The Balaban J connectivity index is 2.31. The molecule has 0 bridgehead atoms. The van der Waals surface area contributed by atoms with E-state index in [4.69, 9.17) is 0 Å². The number of aryl methyl sites for hydroxylation is 2. The maximum atomic E-state index is 12.8. The van der Waals surface area contributed by atoms with Crippen molar-refractivity contribution in [1.29, 1.82) is 0 Å². The summed E-state index contributed by atoms with van der Waals surface area (Å²) in [7, 11) is -3.72. The van der Waals surface area contributed by atoms with Gasteiger partial charge in [-0.05, 0) is 61.9 Å². The summed E-state index contributed by atoms with van der Waals surface area (Å²) in [5.41, 5.74) is 3.67. The molecule has 0 fully saturated rings. The molecule has 0 aromatic heterocycles. The van der Waals surface area contributed by atoms with Gasteiger partial charge in [0.15, 0.2) is 0 Å². The number of carbonyl (C=O) groups is 1. The predicted molar refractivity (Wildman–Crippen MR) is 107 cm³/mol. The van der Waals surface area contributed by atoms with Crippen LogP contribution in [0.2, 0.25) is 0 Å². The third-order valence-electron chi connectivity index (χ3n) is 4.15. The fourth-order valence-corrected chi connectivity index (χ4v) is 4.34. The lowest BCUT2D eigenvalue weighted by molar-refractivity contribution is -0.114. The molecule has 0 aliphatic rings. The normalized spacial score (nSPS) is 12.7. The van der Waals surface area contributed by atoms with Crippen LogP contribution in [0.4, 0.5) is 5.69 Å². The minimum Gasteiger partial charge on any atom is -0.325 e. The van der Waals surface area contributed by atoms with Gasteiger partial charge in [-0.15, -0.1) is 11.8 Å². The molecule has 0 saturated carbocycles. The average Bonchev–Trinajstić information content (AvgIpc) is 2.56. The zero-order chi connectivity index (χ0) is 19.5. The van der Waals surface area contributed by atoms with Crippen LogP contribution in [0, 0.1) is 13.8 Å². The van der Waals surface area contributed by atoms with E-state index in [2.05, 4.69) is 10.0 Å². The first-order valence-corrected chi connectivity index (χ1v) is 10.9. The summed E-state index contributed by atoms with van der Waals surface area (Å²) >= 11 is 1.44. The molecular formula is C19H24N2O3S2. The lowest BCUT2D eigenvalue weighted by atomic mass is 10.0. The minimum atomic E-state index is -3.72. The SMILES string of the molecule is CSc1ccc(S(=O)(=O)NC(C)c2ccc(C)c(C)c2)cc1NC(C)=O. The standard InChI is InChI=1S/C19H24N2O3S2/c1-12-6-7-16(10-13(12)2)14(3)21-26(23,24)17-8-9-19(25-5)18(11-17)20-15(4)22/h6-11,14,21H,1-5H3,(H,20,22). The Morgan fingerprint density at radius 3 is 2.35 bits per heavy atom. The van der Waals surface area contributed by atoms with Crippen molar-refractivity contribution in [2.75, 3.05) is 11.6 Å². The molecule has 2 aromatic rings. The molecule has 1 atom stereocenters. The van der Waals surface area contributed by atoms with Crippen LogP contribution in [0.3, 0.4) is 0 Å². The molecule has 2 rings (SSSR count). The van der Waals surface area contributed by atoms with Gasteiger partial charge < -0.3 is 5.32 Å². The highest BCUT2D eigenvalue weighted by molar-refractivity contribution is 7.98. The van der Waals surface area contributed by atoms with E-state index in [1.54, 1.807) is 12.1 Å². The highest BCUT2D eigenvalue weighted by atomic mass is 32.2. The fraction of sp³-hybridized carbons (Fsp3) is 0.316. The molecule has 26 heavy (non-hydrogen) atoms. The predicted octanol–water partition coefficient (Wildman–Crippen LogP) is 4.02. The molecule has 0 saturated heterocycles. The lowest BCUT2D eigenvalue weighted by Crippen LogP contribution is -2.27. The van der Waals surface area contributed by atoms with E-state index in [1.165, 1.54) is 24.8 Å². The quantitative estimate of drug-likeness (QED) is 0.728. The van der Waals surface area contributed by atoms with Gasteiger partial charge in [-0.1, -0.05) is 18.2 Å². The Morgan fingerprint density at radius 1 is 1.08 bits per heavy atom. The Bertz CT molecular complexity index is 924. The molecule has 7 heteroatoms. The summed E-state index contributed by atoms with van der Waals surface area (Å²) in [4.78, 5) is 12.3. The Labute approximate surface area is 159 Å². The van der Waals surface area contributed by atoms with Crippen LogP contribution in [0.25, 0.3) is 0 Å². The van der Waals surface area contributed by atoms with E-state index in [1.807, 2.05) is 45.2 Å². The molecule has 1 unspecified atom stereocenters. The van der Waals surface area contributed by atoms with Crippen LogP contribution in [0.1, 0.15) is 36.6 Å². The molecule has 2 aromatic carbocycles. The smallest absolute Gasteiger partial charge is 0.241 e. The molecule has 0 radical (unpaired) electrons. The van der Waals surface area contributed by atoms with Gasteiger partial charge in [0.25, 0.3) is 0 Å². The molecule has 0 spiro atoms. The highest BCUT2D eigenvalue weighted by Gasteiger charge is 2.20. The van der Waals surface area contributed by atoms with Crippen LogP contribution in [-0.2, 0) is 14.8 Å². The van der Waals surface area contributed by atoms with Gasteiger partial charge in [0.05, 0.1) is 10.6 Å². The van der Waals surface area contributed by atoms with E-state index >= 15 is 0 Å². The van der Waals surface area contributed by atoms with Crippen LogP contribution < -0.4 is 10.0 Å². The molecule has 0 aliphatic heterocycles. The van der Waals surface area contributed by atoms with Crippen molar-refractivity contribution in [2.45, 2.75) is 43.5 Å². The van der Waals surface area contributed by atoms with Crippen LogP contribution in [0.15, 0.2) is 46.2 Å². The Hall–Kier alpha value is -1.83. The fourth-order valence-electron chi connectivity index (χ4n) is 2.54. The van der Waals surface area contributed by atoms with Crippen LogP contribution in [0.5, 0.6) is 0 Å². The molecule has 140 valence electrons. The molecular weight excluding hydrogens is 368 g/mol. The van der Waals surface area contributed by atoms with Crippen molar-refractivity contribution >= 4 is 33.4 Å². The van der Waals surface area contributed by atoms with Gasteiger partial charge in [0.2, 0.25) is 15.9 Å². The average molecular weight is 393 g/mol. The minimum absolute atomic E-state index is 0.120. The molecule has 2 N–H and O–H groups in total. The summed E-state index contributed by atoms with van der Waals surface area (Å²) in [5.74, 6) is -0.244. The Kier molecular flexibility index (Phi) is 6.49. The highest BCUT2D eigenvalue weighted by Crippen LogP contribution is 2.29. The molecule has 0 aliphatic carbocycles. The van der Waals surface area contributed by atoms with Gasteiger partial charge in [-0.2, -0.15) is 0 Å². The number of rotatable bonds is 6. The van der Waals surface area contributed by atoms with Crippen molar-refractivity contribution in [3.05, 3.63) is 53.1 Å². The number of hydrogen-bond acceptors (Lipinski definition) is 4. The monoisotopic (exact) mass is 392 g/mol. The van der Waals surface area contributed by atoms with E-state index in [0.29, 0.717) is 5.69 Å². The molecule has 0 heterocycles. The number of amides is 1. The maximum Gasteiger partial charge on any atom is 0.241 e. The van der Waals surface area contributed by atoms with Crippen molar-refractivity contribution in [1.82, 2.24) is 4.72 Å². The number of hydrogen-bond donors (Lipinski definition) is 2. The van der Waals surface area contributed by atoms with E-state index < -0.39 is 10.0 Å². The largest absolute Gasteiger partial charge is 0.325 e. The third-order valence-corrected chi connectivity index (χ3v) is 6.49. The molecule has 1 amide bonds. The summed E-state index contributed by atoms with van der Waals surface area (Å²) in [6.45, 7) is 7.23. The third kappa shape index (κ3) is 4.87. The van der Waals surface area contributed by atoms with E-state index in [0.717, 1.165) is 21.6 Å². The number of thioether (sulfide) groups is 1. The zero-order valence-corrected chi connectivity index (χ0v) is 17.2. The second kappa shape index (κ2) is 8.24. The van der Waals surface area contributed by atoms with Crippen molar-refractivity contribution in [2.24, 2.45) is 0 Å². The second-order valence-corrected chi connectivity index (χ2v) is 8.79. The first kappa shape index (κ1) is 20.5. The van der Waals surface area contributed by atoms with Crippen molar-refractivity contribution < 1.29 is 13.2 Å². The van der Waals surface area contributed by atoms with E-state index in [9.17, 15) is 13.2 Å². The number of benzene rings is 2. The zero-order valence-electron chi connectivity index (χ0n) is 15.6. The van der Waals surface area contributed by atoms with Gasteiger partial charge in [0, 0.05) is 17.9 Å². The Morgan fingerprint density at radius 2 is 1.77 bits per heavy atom. The van der Waals surface area contributed by atoms with Gasteiger partial charge in [-0.25, -0.2) is 13.1 Å². The first-order valence-electron chi connectivity index (χ1n) is 8.19. The van der Waals surface area contributed by atoms with Crippen LogP contribution in [-0.4, -0.2) is 20.6 Å². The summed E-state index contributed by atoms with van der Waals surface area (Å²) in [6, 6.07) is 10.3. The topological polar surface area (TPSA) is 75.3 Å².